The Bertz CT molecular complexity index is 764. The van der Waals surface area contributed by atoms with Gasteiger partial charge in [-0.2, -0.15) is 0 Å². The molecule has 0 radical (unpaired) electrons. The number of hydrogen-bond donors (Lipinski definition) is 1. The normalized spacial score (nSPS) is 19.0. The van der Waals surface area contributed by atoms with Crippen LogP contribution < -0.4 is 5.69 Å². The van der Waals surface area contributed by atoms with Crippen LogP contribution in [0.3, 0.4) is 0 Å². The first-order valence-corrected chi connectivity index (χ1v) is 8.37. The number of benzene rings is 1. The van der Waals surface area contributed by atoms with Crippen LogP contribution in [0.1, 0.15) is 18.1 Å². The van der Waals surface area contributed by atoms with Crippen LogP contribution >= 0.6 is 0 Å². The number of imidazole rings is 1. The van der Waals surface area contributed by atoms with E-state index in [1.54, 1.807) is 17.0 Å². The zero-order valence-electron chi connectivity index (χ0n) is 14.2. The molecule has 1 aromatic carbocycles. The van der Waals surface area contributed by atoms with Crippen LogP contribution in [0.4, 0.5) is 0 Å². The molecule has 128 valence electrons. The van der Waals surface area contributed by atoms with E-state index in [-0.39, 0.29) is 17.6 Å². The maximum absolute atomic E-state index is 12.7. The predicted molar refractivity (Wildman–Crippen MR) is 92.7 cm³/mol. The van der Waals surface area contributed by atoms with Gasteiger partial charge in [0.1, 0.15) is 0 Å². The molecule has 6 nitrogen and oxygen atoms in total. The minimum atomic E-state index is -0.154. The Morgan fingerprint density at radius 1 is 1.21 bits per heavy atom. The molecule has 0 bridgehead atoms. The number of aromatic nitrogens is 2. The van der Waals surface area contributed by atoms with Gasteiger partial charge in [-0.3, -0.25) is 14.3 Å². The number of nitrogens with one attached hydrogen (secondary N) is 1. The Hall–Kier alpha value is -2.34. The van der Waals surface area contributed by atoms with Gasteiger partial charge in [-0.15, -0.1) is 0 Å². The van der Waals surface area contributed by atoms with Crippen molar-refractivity contribution in [2.75, 3.05) is 19.6 Å². The van der Waals surface area contributed by atoms with E-state index in [1.807, 2.05) is 17.9 Å². The molecular weight excluding hydrogens is 304 g/mol. The number of aromatic amines is 1. The molecular formula is C18H24N4O2. The Balaban J connectivity index is 1.59. The highest BCUT2D eigenvalue weighted by Gasteiger charge is 2.31. The Morgan fingerprint density at radius 2 is 2.04 bits per heavy atom. The van der Waals surface area contributed by atoms with Gasteiger partial charge in [0.05, 0.1) is 6.04 Å². The zero-order chi connectivity index (χ0) is 17.1. The maximum atomic E-state index is 12.7. The fourth-order valence-corrected chi connectivity index (χ4v) is 3.23. The second-order valence-electron chi connectivity index (χ2n) is 6.42. The third-order valence-corrected chi connectivity index (χ3v) is 4.68. The number of piperazine rings is 1. The van der Waals surface area contributed by atoms with Crippen molar-refractivity contribution in [2.45, 2.75) is 33.0 Å². The summed E-state index contributed by atoms with van der Waals surface area (Å²) in [6, 6.07) is 8.13. The molecule has 0 aliphatic carbocycles. The largest absolute Gasteiger partial charge is 0.336 e. The van der Waals surface area contributed by atoms with Crippen LogP contribution in [0.15, 0.2) is 41.5 Å². The van der Waals surface area contributed by atoms with Gasteiger partial charge in [0.15, 0.2) is 0 Å². The Kier molecular flexibility index (Phi) is 4.85. The molecule has 0 spiro atoms. The highest BCUT2D eigenvalue weighted by Crippen LogP contribution is 2.15. The smallest absolute Gasteiger partial charge is 0.325 e. The number of rotatable bonds is 5. The minimum absolute atomic E-state index is 0.105. The summed E-state index contributed by atoms with van der Waals surface area (Å²) >= 11 is 0. The van der Waals surface area contributed by atoms with Crippen LogP contribution in [-0.4, -0.2) is 50.9 Å². The number of H-pyrrole nitrogens is 1. The van der Waals surface area contributed by atoms with Crippen LogP contribution in [0.5, 0.6) is 0 Å². The van der Waals surface area contributed by atoms with Crippen molar-refractivity contribution < 1.29 is 4.79 Å². The topological polar surface area (TPSA) is 61.3 Å². The third kappa shape index (κ3) is 3.59. The first-order chi connectivity index (χ1) is 11.5. The molecule has 1 amide bonds. The van der Waals surface area contributed by atoms with E-state index < -0.39 is 0 Å². The van der Waals surface area contributed by atoms with Crippen molar-refractivity contribution in [2.24, 2.45) is 0 Å². The van der Waals surface area contributed by atoms with Crippen LogP contribution in [0, 0.1) is 6.92 Å². The molecule has 0 saturated carbocycles. The lowest BCUT2D eigenvalue weighted by molar-refractivity contribution is -0.141. The van der Waals surface area contributed by atoms with E-state index >= 15 is 0 Å². The van der Waals surface area contributed by atoms with Crippen LogP contribution in [0.2, 0.25) is 0 Å². The second kappa shape index (κ2) is 7.05. The van der Waals surface area contributed by atoms with Crippen molar-refractivity contribution in [3.63, 3.8) is 0 Å². The summed E-state index contributed by atoms with van der Waals surface area (Å²) in [5.74, 6) is 0.157. The average molecular weight is 328 g/mol. The summed E-state index contributed by atoms with van der Waals surface area (Å²) in [5, 5.41) is 0. The van der Waals surface area contributed by atoms with Crippen molar-refractivity contribution in [1.82, 2.24) is 19.4 Å². The number of aryl methyl sites for hydroxylation is 1. The van der Waals surface area contributed by atoms with E-state index in [0.717, 1.165) is 13.1 Å². The standard InChI is InChI=1S/C18H24N4O2/c1-14-4-3-5-16(12-14)13-22-11-9-20(15(2)17(22)23)8-10-21-7-6-19-18(21)24/h3-7,12,15H,8-11,13H2,1-2H3,(H,19,24)/t15-/m1/s1. The molecule has 1 aliphatic heterocycles. The number of amides is 1. The number of nitrogens with zero attached hydrogens (tertiary/aromatic N) is 3. The summed E-state index contributed by atoms with van der Waals surface area (Å²) in [6.45, 7) is 7.52. The summed E-state index contributed by atoms with van der Waals surface area (Å²) in [6.07, 6.45) is 3.37. The lowest BCUT2D eigenvalue weighted by Crippen LogP contribution is -2.56. The summed E-state index contributed by atoms with van der Waals surface area (Å²) < 4.78 is 1.64. The molecule has 3 rings (SSSR count). The lowest BCUT2D eigenvalue weighted by atomic mass is 10.1. The van der Waals surface area contributed by atoms with E-state index in [0.29, 0.717) is 19.6 Å². The number of hydrogen-bond acceptors (Lipinski definition) is 3. The maximum Gasteiger partial charge on any atom is 0.325 e. The van der Waals surface area contributed by atoms with Crippen LogP contribution in [-0.2, 0) is 17.9 Å². The molecule has 0 unspecified atom stereocenters. The SMILES string of the molecule is Cc1cccc(CN2CCN(CCn3cc[nH]c3=O)[C@H](C)C2=O)c1. The van der Waals surface area contributed by atoms with Gasteiger partial charge in [-0.25, -0.2) is 4.79 Å². The fourth-order valence-electron chi connectivity index (χ4n) is 3.23. The third-order valence-electron chi connectivity index (χ3n) is 4.68. The van der Waals surface area contributed by atoms with E-state index in [9.17, 15) is 9.59 Å². The Morgan fingerprint density at radius 3 is 2.75 bits per heavy atom. The lowest BCUT2D eigenvalue weighted by Gasteiger charge is -2.39. The van der Waals surface area contributed by atoms with Gasteiger partial charge in [0.25, 0.3) is 0 Å². The average Bonchev–Trinajstić information content (AvgIpc) is 2.96. The summed E-state index contributed by atoms with van der Waals surface area (Å²) in [5.41, 5.74) is 2.28. The van der Waals surface area contributed by atoms with Gasteiger partial charge >= 0.3 is 5.69 Å². The fraction of sp³-hybridized carbons (Fsp3) is 0.444. The predicted octanol–water partition coefficient (Wildman–Crippen LogP) is 1.22. The molecule has 2 heterocycles. The molecule has 1 saturated heterocycles. The molecule has 2 aromatic rings. The zero-order valence-corrected chi connectivity index (χ0v) is 14.2. The molecule has 6 heteroatoms. The first-order valence-electron chi connectivity index (χ1n) is 8.37. The highest BCUT2D eigenvalue weighted by molar-refractivity contribution is 5.82. The molecule has 1 aromatic heterocycles. The molecule has 1 fully saturated rings. The minimum Gasteiger partial charge on any atom is -0.336 e. The number of carbonyl (C=O) groups excluding carboxylic acids is 1. The molecule has 1 atom stereocenters. The van der Waals surface area contributed by atoms with Crippen LogP contribution in [0.25, 0.3) is 0 Å². The first kappa shape index (κ1) is 16.5. The van der Waals surface area contributed by atoms with Gasteiger partial charge in [0, 0.05) is 45.1 Å². The van der Waals surface area contributed by atoms with E-state index in [4.69, 9.17) is 0 Å². The van der Waals surface area contributed by atoms with E-state index in [2.05, 4.69) is 35.0 Å². The van der Waals surface area contributed by atoms with Crippen molar-refractivity contribution >= 4 is 5.91 Å². The second-order valence-corrected chi connectivity index (χ2v) is 6.42. The molecule has 1 aliphatic rings. The van der Waals surface area contributed by atoms with Gasteiger partial charge < -0.3 is 9.88 Å². The van der Waals surface area contributed by atoms with Gasteiger partial charge in [-0.05, 0) is 19.4 Å². The molecule has 1 N–H and O–H groups in total. The van der Waals surface area contributed by atoms with E-state index in [1.165, 1.54) is 11.1 Å². The Labute approximate surface area is 141 Å². The van der Waals surface area contributed by atoms with Crippen molar-refractivity contribution in [3.05, 3.63) is 58.3 Å². The van der Waals surface area contributed by atoms with Gasteiger partial charge in [-0.1, -0.05) is 29.8 Å². The van der Waals surface area contributed by atoms with Crippen molar-refractivity contribution in [3.8, 4) is 0 Å². The monoisotopic (exact) mass is 328 g/mol. The number of carbonyl (C=O) groups is 1. The summed E-state index contributed by atoms with van der Waals surface area (Å²) in [4.78, 5) is 30.9. The molecule has 24 heavy (non-hydrogen) atoms. The quantitative estimate of drug-likeness (QED) is 0.898. The van der Waals surface area contributed by atoms with Gasteiger partial charge in [0.2, 0.25) is 5.91 Å². The highest BCUT2D eigenvalue weighted by atomic mass is 16.2. The van der Waals surface area contributed by atoms with Crippen molar-refractivity contribution in [1.29, 1.82) is 0 Å². The summed E-state index contributed by atoms with van der Waals surface area (Å²) in [7, 11) is 0.